The molecule has 16 heavy (non-hydrogen) atoms. The number of phenols is 1. The highest BCUT2D eigenvalue weighted by Gasteiger charge is 2.29. The monoisotopic (exact) mass is 307 g/mol. The smallest absolute Gasteiger partial charge is 0.139 e. The molecule has 0 bridgehead atoms. The zero-order valence-corrected chi connectivity index (χ0v) is 11.5. The average Bonchev–Trinajstić information content (AvgIpc) is 2.22. The minimum atomic E-state index is -0.526. The Hall–Kier alpha value is -0.290. The highest BCUT2D eigenvalue weighted by molar-refractivity contribution is 9.10. The van der Waals surface area contributed by atoms with Gasteiger partial charge in [-0.3, -0.25) is 0 Å². The number of phenolic OH excluding ortho intramolecular Hbond substituents is 1. The highest BCUT2D eigenvalue weighted by atomic mass is 79.9. The maximum atomic E-state index is 9.84. The molecule has 0 radical (unpaired) electrons. The van der Waals surface area contributed by atoms with Gasteiger partial charge in [-0.05, 0) is 12.1 Å². The zero-order chi connectivity index (χ0) is 12.5. The molecule has 0 fully saturated rings. The molecule has 0 amide bonds. The summed E-state index contributed by atoms with van der Waals surface area (Å²) in [4.78, 5) is 0. The molecule has 0 heterocycles. The van der Waals surface area contributed by atoms with Crippen LogP contribution in [0.2, 0.25) is 5.02 Å². The molecule has 4 N–H and O–H groups in total. The molecule has 1 rings (SSSR count). The lowest BCUT2D eigenvalue weighted by atomic mass is 9.81. The van der Waals surface area contributed by atoms with E-state index < -0.39 is 11.5 Å². The summed E-state index contributed by atoms with van der Waals surface area (Å²) in [5, 5.41) is 19.3. The van der Waals surface area contributed by atoms with Crippen LogP contribution in [0.25, 0.3) is 0 Å². The summed E-state index contributed by atoms with van der Waals surface area (Å²) in [7, 11) is 0. The Labute approximate surface area is 108 Å². The van der Waals surface area contributed by atoms with E-state index in [2.05, 4.69) is 15.9 Å². The van der Waals surface area contributed by atoms with Gasteiger partial charge in [-0.25, -0.2) is 0 Å². The van der Waals surface area contributed by atoms with Crippen LogP contribution in [0.1, 0.15) is 25.5 Å². The first-order valence-electron chi connectivity index (χ1n) is 4.84. The van der Waals surface area contributed by atoms with Gasteiger partial charge in [0.25, 0.3) is 0 Å². The van der Waals surface area contributed by atoms with Gasteiger partial charge in [0.05, 0.1) is 5.02 Å². The van der Waals surface area contributed by atoms with Crippen LogP contribution in [0.4, 0.5) is 0 Å². The normalized spacial score (nSPS) is 13.9. The van der Waals surface area contributed by atoms with Crippen LogP contribution in [-0.4, -0.2) is 16.8 Å². The summed E-state index contributed by atoms with van der Waals surface area (Å²) in [6.07, 6.45) is 0. The fourth-order valence-electron chi connectivity index (χ4n) is 1.34. The Morgan fingerprint density at radius 3 is 2.56 bits per heavy atom. The molecule has 3 nitrogen and oxygen atoms in total. The van der Waals surface area contributed by atoms with Crippen molar-refractivity contribution in [3.8, 4) is 5.75 Å². The van der Waals surface area contributed by atoms with Crippen molar-refractivity contribution >= 4 is 27.5 Å². The second kappa shape index (κ2) is 4.92. The van der Waals surface area contributed by atoms with Crippen LogP contribution in [0.5, 0.6) is 5.75 Å². The number of nitrogens with two attached hydrogens (primary N) is 1. The molecule has 0 spiro atoms. The first-order valence-corrected chi connectivity index (χ1v) is 6.01. The van der Waals surface area contributed by atoms with E-state index in [1.165, 1.54) is 0 Å². The zero-order valence-electron chi connectivity index (χ0n) is 9.17. The van der Waals surface area contributed by atoms with Crippen LogP contribution in [0.3, 0.4) is 0 Å². The van der Waals surface area contributed by atoms with E-state index in [1.807, 2.05) is 13.8 Å². The number of aliphatic hydroxyl groups excluding tert-OH is 1. The minimum Gasteiger partial charge on any atom is -0.506 e. The number of hydrogen-bond acceptors (Lipinski definition) is 3. The summed E-state index contributed by atoms with van der Waals surface area (Å²) >= 11 is 9.15. The Bertz CT molecular complexity index is 396. The van der Waals surface area contributed by atoms with Gasteiger partial charge in [0.1, 0.15) is 5.75 Å². The summed E-state index contributed by atoms with van der Waals surface area (Å²) in [5.74, 6) is -0.0288. The third kappa shape index (κ3) is 2.69. The van der Waals surface area contributed by atoms with E-state index in [1.54, 1.807) is 12.1 Å². The van der Waals surface area contributed by atoms with E-state index in [-0.39, 0.29) is 17.4 Å². The van der Waals surface area contributed by atoms with Gasteiger partial charge in [-0.2, -0.15) is 0 Å². The molecule has 0 unspecified atom stereocenters. The Kier molecular flexibility index (Phi) is 4.23. The lowest BCUT2D eigenvalue weighted by molar-refractivity contribution is 0.131. The third-order valence-corrected chi connectivity index (χ3v) is 3.39. The predicted molar refractivity (Wildman–Crippen MR) is 68.6 cm³/mol. The van der Waals surface area contributed by atoms with Crippen molar-refractivity contribution in [2.45, 2.75) is 19.9 Å². The molecule has 0 aliphatic carbocycles. The molecule has 1 aromatic carbocycles. The Balaban J connectivity index is 3.23. The fourth-order valence-corrected chi connectivity index (χ4v) is 2.18. The highest BCUT2D eigenvalue weighted by Crippen LogP contribution is 2.40. The maximum Gasteiger partial charge on any atom is 0.139 e. The van der Waals surface area contributed by atoms with E-state index >= 15 is 0 Å². The predicted octanol–water partition coefficient (Wildman–Crippen LogP) is 2.83. The van der Waals surface area contributed by atoms with Crippen LogP contribution in [-0.2, 0) is 0 Å². The van der Waals surface area contributed by atoms with E-state index in [9.17, 15) is 10.2 Å². The standard InChI is InChI=1S/C11H15BrClNO2/c1-11(2,5-15)10(14)7-3-6(12)4-8(13)9(7)16/h3-4,10,15-16H,5,14H2,1-2H3/t10-/m0/s1. The van der Waals surface area contributed by atoms with Gasteiger partial charge in [-0.1, -0.05) is 41.4 Å². The van der Waals surface area contributed by atoms with Gasteiger partial charge in [-0.15, -0.1) is 0 Å². The van der Waals surface area contributed by atoms with Crippen molar-refractivity contribution in [1.29, 1.82) is 0 Å². The summed E-state index contributed by atoms with van der Waals surface area (Å²) in [5.41, 5.74) is 6.02. The van der Waals surface area contributed by atoms with Gasteiger partial charge < -0.3 is 15.9 Å². The number of aliphatic hydroxyl groups is 1. The van der Waals surface area contributed by atoms with Crippen molar-refractivity contribution < 1.29 is 10.2 Å². The van der Waals surface area contributed by atoms with Crippen LogP contribution < -0.4 is 5.73 Å². The molecule has 1 atom stereocenters. The van der Waals surface area contributed by atoms with Gasteiger partial charge in [0, 0.05) is 28.1 Å². The van der Waals surface area contributed by atoms with E-state index in [4.69, 9.17) is 17.3 Å². The van der Waals surface area contributed by atoms with E-state index in [0.717, 1.165) is 4.47 Å². The summed E-state index contributed by atoms with van der Waals surface area (Å²) < 4.78 is 0.745. The number of aromatic hydroxyl groups is 1. The van der Waals surface area contributed by atoms with Crippen LogP contribution in [0.15, 0.2) is 16.6 Å². The van der Waals surface area contributed by atoms with Gasteiger partial charge >= 0.3 is 0 Å². The quantitative estimate of drug-likeness (QED) is 0.804. The van der Waals surface area contributed by atoms with Crippen LogP contribution >= 0.6 is 27.5 Å². The fraction of sp³-hybridized carbons (Fsp3) is 0.455. The lowest BCUT2D eigenvalue weighted by Crippen LogP contribution is -2.32. The van der Waals surface area contributed by atoms with Crippen molar-refractivity contribution in [3.63, 3.8) is 0 Å². The summed E-state index contributed by atoms with van der Waals surface area (Å²) in [6.45, 7) is 3.58. The van der Waals surface area contributed by atoms with Crippen LogP contribution in [0, 0.1) is 5.41 Å². The summed E-state index contributed by atoms with van der Waals surface area (Å²) in [6, 6.07) is 2.81. The molecule has 1 aromatic rings. The molecule has 0 saturated carbocycles. The molecule has 0 aliphatic rings. The number of halogens is 2. The Morgan fingerprint density at radius 1 is 1.50 bits per heavy atom. The van der Waals surface area contributed by atoms with Crippen molar-refractivity contribution in [1.82, 2.24) is 0 Å². The molecular weight excluding hydrogens is 293 g/mol. The average molecular weight is 309 g/mol. The van der Waals surface area contributed by atoms with Crippen molar-refractivity contribution in [2.24, 2.45) is 11.1 Å². The lowest BCUT2D eigenvalue weighted by Gasteiger charge is -2.30. The largest absolute Gasteiger partial charge is 0.506 e. The topological polar surface area (TPSA) is 66.5 Å². The maximum absolute atomic E-state index is 9.84. The first-order chi connectivity index (χ1) is 7.29. The first kappa shape index (κ1) is 13.8. The SMILES string of the molecule is CC(C)(CO)[C@@H](N)c1cc(Br)cc(Cl)c1O. The number of benzene rings is 1. The van der Waals surface area contributed by atoms with E-state index in [0.29, 0.717) is 5.56 Å². The molecule has 0 saturated heterocycles. The molecule has 90 valence electrons. The minimum absolute atomic E-state index is 0.0288. The van der Waals surface area contributed by atoms with Crippen molar-refractivity contribution in [3.05, 3.63) is 27.2 Å². The molecular formula is C11H15BrClNO2. The third-order valence-electron chi connectivity index (χ3n) is 2.64. The Morgan fingerprint density at radius 2 is 2.06 bits per heavy atom. The van der Waals surface area contributed by atoms with Gasteiger partial charge in [0.2, 0.25) is 0 Å². The molecule has 0 aliphatic heterocycles. The molecule has 5 heteroatoms. The van der Waals surface area contributed by atoms with Crippen molar-refractivity contribution in [2.75, 3.05) is 6.61 Å². The second-order valence-electron chi connectivity index (χ2n) is 4.45. The molecule has 0 aromatic heterocycles. The number of rotatable bonds is 3. The second-order valence-corrected chi connectivity index (χ2v) is 5.77. The number of hydrogen-bond donors (Lipinski definition) is 3. The van der Waals surface area contributed by atoms with Gasteiger partial charge in [0.15, 0.2) is 0 Å².